The number of anilines is 1. The van der Waals surface area contributed by atoms with Crippen LogP contribution in [0.15, 0.2) is 42.6 Å². The van der Waals surface area contributed by atoms with Crippen molar-refractivity contribution < 1.29 is 9.90 Å². The number of carboxylic acids is 1. The van der Waals surface area contributed by atoms with Crippen LogP contribution in [0.1, 0.15) is 21.6 Å². The van der Waals surface area contributed by atoms with Crippen LogP contribution < -0.4 is 5.73 Å². The van der Waals surface area contributed by atoms with Crippen molar-refractivity contribution in [3.05, 3.63) is 59.4 Å². The number of hydrogen-bond donors (Lipinski definition) is 2. The van der Waals surface area contributed by atoms with Crippen molar-refractivity contribution in [1.82, 2.24) is 4.98 Å². The zero-order valence-electron chi connectivity index (χ0n) is 9.84. The number of aromatic nitrogens is 1. The molecule has 18 heavy (non-hydrogen) atoms. The molecule has 1 aromatic heterocycles. The number of carboxylic acid groups (broad SMARTS) is 1. The van der Waals surface area contributed by atoms with Crippen molar-refractivity contribution in [2.24, 2.45) is 0 Å². The Hall–Kier alpha value is -2.36. The lowest BCUT2D eigenvalue weighted by Gasteiger charge is -2.02. The Labute approximate surface area is 105 Å². The number of aromatic carboxylic acids is 1. The van der Waals surface area contributed by atoms with Crippen LogP contribution in [0.3, 0.4) is 0 Å². The number of carbonyl (C=O) groups is 1. The third-order valence-electron chi connectivity index (χ3n) is 2.72. The minimum atomic E-state index is -0.901. The van der Waals surface area contributed by atoms with Crippen molar-refractivity contribution in [3.8, 4) is 0 Å². The van der Waals surface area contributed by atoms with E-state index < -0.39 is 5.97 Å². The predicted octanol–water partition coefficient (Wildman–Crippen LogP) is 2.15. The summed E-state index contributed by atoms with van der Waals surface area (Å²) in [4.78, 5) is 14.9. The summed E-state index contributed by atoms with van der Waals surface area (Å²) >= 11 is 0. The molecule has 0 aliphatic heterocycles. The molecule has 92 valence electrons. The van der Waals surface area contributed by atoms with Gasteiger partial charge >= 0.3 is 5.97 Å². The number of rotatable bonds is 4. The summed E-state index contributed by atoms with van der Waals surface area (Å²) in [6.45, 7) is 0. The summed E-state index contributed by atoms with van der Waals surface area (Å²) in [5.41, 5.74) is 8.60. The highest BCUT2D eigenvalue weighted by Crippen LogP contribution is 2.09. The van der Waals surface area contributed by atoms with Crippen LogP contribution in [0.4, 0.5) is 5.69 Å². The Bertz CT molecular complexity index is 533. The molecule has 0 aliphatic rings. The molecular weight excluding hydrogens is 228 g/mol. The van der Waals surface area contributed by atoms with Crippen LogP contribution in [0.5, 0.6) is 0 Å². The van der Waals surface area contributed by atoms with Gasteiger partial charge in [0.1, 0.15) is 0 Å². The number of hydrogen-bond acceptors (Lipinski definition) is 3. The highest BCUT2D eigenvalue weighted by molar-refractivity contribution is 5.87. The van der Waals surface area contributed by atoms with E-state index >= 15 is 0 Å². The summed E-state index contributed by atoms with van der Waals surface area (Å²) in [5.74, 6) is -0.901. The molecule has 0 fully saturated rings. The maximum absolute atomic E-state index is 10.7. The number of nitrogen functional groups attached to an aromatic ring is 1. The largest absolute Gasteiger partial charge is 0.478 e. The van der Waals surface area contributed by atoms with Gasteiger partial charge in [0.15, 0.2) is 0 Å². The summed E-state index contributed by atoms with van der Waals surface area (Å²) in [7, 11) is 0. The summed E-state index contributed by atoms with van der Waals surface area (Å²) in [6.07, 6.45) is 3.28. The lowest BCUT2D eigenvalue weighted by atomic mass is 10.1. The van der Waals surface area contributed by atoms with Gasteiger partial charge in [0.25, 0.3) is 0 Å². The molecule has 2 rings (SSSR count). The molecule has 0 saturated heterocycles. The minimum absolute atomic E-state index is 0.310. The molecule has 4 heteroatoms. The topological polar surface area (TPSA) is 76.2 Å². The fourth-order valence-electron chi connectivity index (χ4n) is 1.67. The van der Waals surface area contributed by atoms with Gasteiger partial charge in [-0.15, -0.1) is 0 Å². The maximum Gasteiger partial charge on any atom is 0.335 e. The smallest absolute Gasteiger partial charge is 0.335 e. The Balaban J connectivity index is 1.97. The van der Waals surface area contributed by atoms with E-state index in [1.54, 1.807) is 18.3 Å². The Morgan fingerprint density at radius 2 is 1.83 bits per heavy atom. The van der Waals surface area contributed by atoms with Crippen molar-refractivity contribution in [3.63, 3.8) is 0 Å². The number of aryl methyl sites for hydroxylation is 2. The van der Waals surface area contributed by atoms with Gasteiger partial charge in [0, 0.05) is 5.69 Å². The molecular formula is C14H14N2O2. The number of nitrogens with two attached hydrogens (primary N) is 1. The van der Waals surface area contributed by atoms with E-state index in [1.165, 1.54) is 0 Å². The lowest BCUT2D eigenvalue weighted by molar-refractivity contribution is 0.0697. The summed E-state index contributed by atoms with van der Waals surface area (Å²) < 4.78 is 0. The average molecular weight is 242 g/mol. The number of nitrogens with zero attached hydrogens (tertiary/aromatic N) is 1. The van der Waals surface area contributed by atoms with Gasteiger partial charge in [-0.2, -0.15) is 0 Å². The molecule has 0 saturated carbocycles. The van der Waals surface area contributed by atoms with Crippen LogP contribution in [0.25, 0.3) is 0 Å². The van der Waals surface area contributed by atoms with Gasteiger partial charge in [-0.05, 0) is 42.7 Å². The molecule has 0 amide bonds. The van der Waals surface area contributed by atoms with Crippen molar-refractivity contribution in [2.45, 2.75) is 12.8 Å². The fourth-order valence-corrected chi connectivity index (χ4v) is 1.67. The lowest BCUT2D eigenvalue weighted by Crippen LogP contribution is -1.98. The molecule has 4 nitrogen and oxygen atoms in total. The average Bonchev–Trinajstić information content (AvgIpc) is 2.38. The Kier molecular flexibility index (Phi) is 3.57. The van der Waals surface area contributed by atoms with Gasteiger partial charge in [0.05, 0.1) is 17.4 Å². The standard InChI is InChI=1S/C14H14N2O2/c15-12-6-8-13(16-9-12)7-3-10-1-4-11(5-2-10)14(17)18/h1-2,4-6,8-9H,3,7,15H2,(H,17,18). The van der Waals surface area contributed by atoms with Crippen molar-refractivity contribution in [1.29, 1.82) is 0 Å². The first kappa shape index (κ1) is 12.1. The Morgan fingerprint density at radius 3 is 2.39 bits per heavy atom. The second-order valence-corrected chi connectivity index (χ2v) is 4.08. The fraction of sp³-hybridized carbons (Fsp3) is 0.143. The zero-order valence-corrected chi connectivity index (χ0v) is 9.84. The molecule has 1 aromatic carbocycles. The monoisotopic (exact) mass is 242 g/mol. The summed E-state index contributed by atoms with van der Waals surface area (Å²) in [6, 6.07) is 10.6. The molecule has 0 unspecified atom stereocenters. The second kappa shape index (κ2) is 5.31. The van der Waals surface area contributed by atoms with Gasteiger partial charge in [-0.1, -0.05) is 12.1 Å². The maximum atomic E-state index is 10.7. The Morgan fingerprint density at radius 1 is 1.11 bits per heavy atom. The first-order chi connectivity index (χ1) is 8.65. The molecule has 0 atom stereocenters. The molecule has 0 bridgehead atoms. The highest BCUT2D eigenvalue weighted by atomic mass is 16.4. The molecule has 2 aromatic rings. The van der Waals surface area contributed by atoms with Crippen molar-refractivity contribution in [2.75, 3.05) is 5.73 Å². The SMILES string of the molecule is Nc1ccc(CCc2ccc(C(=O)O)cc2)nc1. The number of benzene rings is 1. The highest BCUT2D eigenvalue weighted by Gasteiger charge is 2.02. The zero-order chi connectivity index (χ0) is 13.0. The van der Waals surface area contributed by atoms with E-state index in [2.05, 4.69) is 4.98 Å². The van der Waals surface area contributed by atoms with Gasteiger partial charge in [-0.25, -0.2) is 4.79 Å². The number of pyridine rings is 1. The molecule has 0 aliphatic carbocycles. The first-order valence-electron chi connectivity index (χ1n) is 5.68. The first-order valence-corrected chi connectivity index (χ1v) is 5.68. The van der Waals surface area contributed by atoms with E-state index in [1.807, 2.05) is 24.3 Å². The third kappa shape index (κ3) is 3.07. The van der Waals surface area contributed by atoms with Gasteiger partial charge < -0.3 is 10.8 Å². The minimum Gasteiger partial charge on any atom is -0.478 e. The normalized spacial score (nSPS) is 10.2. The summed E-state index contributed by atoms with van der Waals surface area (Å²) in [5, 5.41) is 8.79. The van der Waals surface area contributed by atoms with Crippen LogP contribution in [0, 0.1) is 0 Å². The van der Waals surface area contributed by atoms with Crippen molar-refractivity contribution >= 4 is 11.7 Å². The van der Waals surface area contributed by atoms with E-state index in [4.69, 9.17) is 10.8 Å². The third-order valence-corrected chi connectivity index (χ3v) is 2.72. The van der Waals surface area contributed by atoms with Crippen LogP contribution in [0.2, 0.25) is 0 Å². The van der Waals surface area contributed by atoms with Crippen LogP contribution in [-0.2, 0) is 12.8 Å². The van der Waals surface area contributed by atoms with E-state index in [0.29, 0.717) is 11.3 Å². The molecule has 0 radical (unpaired) electrons. The van der Waals surface area contributed by atoms with E-state index in [0.717, 1.165) is 24.1 Å². The van der Waals surface area contributed by atoms with Crippen LogP contribution >= 0.6 is 0 Å². The molecule has 1 heterocycles. The van der Waals surface area contributed by atoms with E-state index in [-0.39, 0.29) is 0 Å². The molecule has 3 N–H and O–H groups in total. The quantitative estimate of drug-likeness (QED) is 0.861. The van der Waals surface area contributed by atoms with Gasteiger partial charge in [-0.3, -0.25) is 4.98 Å². The molecule has 0 spiro atoms. The van der Waals surface area contributed by atoms with Gasteiger partial charge in [0.2, 0.25) is 0 Å². The predicted molar refractivity (Wildman–Crippen MR) is 69.5 cm³/mol. The van der Waals surface area contributed by atoms with E-state index in [9.17, 15) is 4.79 Å². The van der Waals surface area contributed by atoms with Crippen LogP contribution in [-0.4, -0.2) is 16.1 Å². The second-order valence-electron chi connectivity index (χ2n) is 4.08.